The van der Waals surface area contributed by atoms with Crippen LogP contribution >= 0.6 is 0 Å². The number of ketones is 1. The minimum Gasteiger partial charge on any atom is -0.507 e. The fraction of sp³-hybridized carbons (Fsp3) is 0.176. The van der Waals surface area contributed by atoms with Crippen LogP contribution in [0.2, 0.25) is 0 Å². The number of benzene rings is 4. The molecule has 0 spiro atoms. The van der Waals surface area contributed by atoms with Crippen molar-refractivity contribution < 1.29 is 24.2 Å². The number of carbonyl (C=O) groups excluding carboxylic acids is 2. The van der Waals surface area contributed by atoms with Gasteiger partial charge in [0.25, 0.3) is 11.7 Å². The van der Waals surface area contributed by atoms with E-state index in [1.807, 2.05) is 87.5 Å². The number of para-hydroxylation sites is 1. The molecule has 4 aromatic rings. The number of hydrogen-bond acceptors (Lipinski definition) is 5. The molecule has 1 aliphatic heterocycles. The van der Waals surface area contributed by atoms with Gasteiger partial charge in [-0.3, -0.25) is 14.5 Å². The van der Waals surface area contributed by atoms with E-state index in [-0.39, 0.29) is 11.3 Å². The highest BCUT2D eigenvalue weighted by molar-refractivity contribution is 6.51. The molecule has 0 aromatic heterocycles. The second-order valence-electron chi connectivity index (χ2n) is 9.71. The summed E-state index contributed by atoms with van der Waals surface area (Å²) < 4.78 is 11.6. The van der Waals surface area contributed by atoms with Gasteiger partial charge in [-0.15, -0.1) is 0 Å². The van der Waals surface area contributed by atoms with Gasteiger partial charge in [-0.1, -0.05) is 60.7 Å². The van der Waals surface area contributed by atoms with Crippen molar-refractivity contribution in [1.82, 2.24) is 0 Å². The Morgan fingerprint density at radius 1 is 0.825 bits per heavy atom. The first-order chi connectivity index (χ1) is 19.4. The number of amides is 1. The molecule has 1 saturated heterocycles. The second-order valence-corrected chi connectivity index (χ2v) is 9.71. The first kappa shape index (κ1) is 26.8. The maximum Gasteiger partial charge on any atom is 0.300 e. The molecule has 0 bridgehead atoms. The molecule has 1 aliphatic rings. The van der Waals surface area contributed by atoms with E-state index in [9.17, 15) is 14.7 Å². The minimum absolute atomic E-state index is 0.0368. The smallest absolute Gasteiger partial charge is 0.300 e. The zero-order valence-electron chi connectivity index (χ0n) is 22.8. The van der Waals surface area contributed by atoms with E-state index in [1.165, 1.54) is 4.90 Å². The number of aliphatic hydroxyl groups is 1. The Kier molecular flexibility index (Phi) is 7.69. The highest BCUT2D eigenvalue weighted by Crippen LogP contribution is 2.43. The number of rotatable bonds is 8. The first-order valence-corrected chi connectivity index (χ1v) is 13.3. The summed E-state index contributed by atoms with van der Waals surface area (Å²) in [5.74, 6) is -0.299. The molecule has 40 heavy (non-hydrogen) atoms. The number of carbonyl (C=O) groups is 2. The van der Waals surface area contributed by atoms with Crippen molar-refractivity contribution in [2.75, 3.05) is 11.5 Å². The van der Waals surface area contributed by atoms with Crippen LogP contribution in [0.5, 0.6) is 11.5 Å². The lowest BCUT2D eigenvalue weighted by Crippen LogP contribution is -2.30. The molecule has 5 rings (SSSR count). The van der Waals surface area contributed by atoms with Gasteiger partial charge in [-0.05, 0) is 79.4 Å². The normalized spacial score (nSPS) is 16.3. The average Bonchev–Trinajstić information content (AvgIpc) is 3.23. The Morgan fingerprint density at radius 3 is 2.20 bits per heavy atom. The van der Waals surface area contributed by atoms with Crippen LogP contribution in [-0.4, -0.2) is 23.4 Å². The van der Waals surface area contributed by atoms with Gasteiger partial charge in [0.2, 0.25) is 0 Å². The molecule has 202 valence electrons. The zero-order valence-corrected chi connectivity index (χ0v) is 22.8. The minimum atomic E-state index is -0.814. The second kappa shape index (κ2) is 11.5. The zero-order chi connectivity index (χ0) is 28.2. The topological polar surface area (TPSA) is 76.1 Å². The van der Waals surface area contributed by atoms with Gasteiger partial charge in [0, 0.05) is 11.3 Å². The Balaban J connectivity index is 1.56. The van der Waals surface area contributed by atoms with Crippen LogP contribution in [0.15, 0.2) is 103 Å². The fourth-order valence-corrected chi connectivity index (χ4v) is 4.99. The third-order valence-corrected chi connectivity index (χ3v) is 7.01. The van der Waals surface area contributed by atoms with Gasteiger partial charge < -0.3 is 14.6 Å². The van der Waals surface area contributed by atoms with E-state index in [0.717, 1.165) is 16.7 Å². The molecular formula is C34H31NO5. The van der Waals surface area contributed by atoms with Crippen molar-refractivity contribution in [3.05, 3.63) is 130 Å². The largest absolute Gasteiger partial charge is 0.507 e. The van der Waals surface area contributed by atoms with Gasteiger partial charge in [0.05, 0.1) is 18.2 Å². The van der Waals surface area contributed by atoms with Crippen molar-refractivity contribution >= 4 is 23.1 Å². The van der Waals surface area contributed by atoms with Gasteiger partial charge in [0.15, 0.2) is 0 Å². The molecule has 1 amide bonds. The Labute approximate surface area is 234 Å². The van der Waals surface area contributed by atoms with Crippen LogP contribution in [0.25, 0.3) is 5.76 Å². The maximum atomic E-state index is 13.5. The molecule has 1 atom stereocenters. The van der Waals surface area contributed by atoms with E-state index in [0.29, 0.717) is 41.5 Å². The Morgan fingerprint density at radius 2 is 1.52 bits per heavy atom. The standard InChI is InChI=1S/C34H31NO5/c1-4-39-27-17-14-25(15-18-27)31-30(33(37)34(38)35(31)28-13-9-8-10-22(28)2)32(36)26-16-19-29(23(3)20-26)40-21-24-11-6-5-7-12-24/h5-20,31,36H,4,21H2,1-3H3/b32-30-. The lowest BCUT2D eigenvalue weighted by molar-refractivity contribution is -0.132. The van der Waals surface area contributed by atoms with Crippen molar-refractivity contribution in [3.63, 3.8) is 0 Å². The van der Waals surface area contributed by atoms with Crippen LogP contribution in [0.3, 0.4) is 0 Å². The number of nitrogens with zero attached hydrogens (tertiary/aromatic N) is 1. The summed E-state index contributed by atoms with van der Waals surface area (Å²) in [5.41, 5.74) is 4.45. The van der Waals surface area contributed by atoms with Crippen molar-refractivity contribution in [2.45, 2.75) is 33.4 Å². The molecule has 1 unspecified atom stereocenters. The summed E-state index contributed by atoms with van der Waals surface area (Å²) in [6.07, 6.45) is 0. The maximum absolute atomic E-state index is 13.5. The van der Waals surface area contributed by atoms with Gasteiger partial charge in [-0.2, -0.15) is 0 Å². The summed E-state index contributed by atoms with van der Waals surface area (Å²) in [6.45, 7) is 6.60. The molecule has 6 nitrogen and oxygen atoms in total. The fourth-order valence-electron chi connectivity index (χ4n) is 4.99. The SMILES string of the molecule is CCOc1ccc(C2/C(=C(/O)c3ccc(OCc4ccccc4)c(C)c3)C(=O)C(=O)N2c2ccccc2C)cc1. The van der Waals surface area contributed by atoms with E-state index in [4.69, 9.17) is 9.47 Å². The van der Waals surface area contributed by atoms with Crippen molar-refractivity contribution in [2.24, 2.45) is 0 Å². The predicted octanol–water partition coefficient (Wildman–Crippen LogP) is 6.91. The van der Waals surface area contributed by atoms with Gasteiger partial charge >= 0.3 is 0 Å². The summed E-state index contributed by atoms with van der Waals surface area (Å²) >= 11 is 0. The van der Waals surface area contributed by atoms with Crippen LogP contribution in [0.1, 0.15) is 40.8 Å². The molecule has 0 radical (unpaired) electrons. The molecular weight excluding hydrogens is 502 g/mol. The average molecular weight is 534 g/mol. The van der Waals surface area contributed by atoms with E-state index in [1.54, 1.807) is 30.3 Å². The van der Waals surface area contributed by atoms with E-state index in [2.05, 4.69) is 0 Å². The Hall–Kier alpha value is -4.84. The van der Waals surface area contributed by atoms with Crippen LogP contribution in [0, 0.1) is 13.8 Å². The van der Waals surface area contributed by atoms with Gasteiger partial charge in [0.1, 0.15) is 23.9 Å². The molecule has 1 fully saturated rings. The summed E-state index contributed by atoms with van der Waals surface area (Å²) in [7, 11) is 0. The molecule has 1 heterocycles. The number of hydrogen-bond donors (Lipinski definition) is 1. The first-order valence-electron chi connectivity index (χ1n) is 13.3. The number of aliphatic hydroxyl groups excluding tert-OH is 1. The quantitative estimate of drug-likeness (QED) is 0.151. The lowest BCUT2D eigenvalue weighted by Gasteiger charge is -2.27. The third-order valence-electron chi connectivity index (χ3n) is 7.01. The summed E-state index contributed by atoms with van der Waals surface area (Å²) in [5, 5.41) is 11.6. The molecule has 1 N–H and O–H groups in total. The number of ether oxygens (including phenoxy) is 2. The van der Waals surface area contributed by atoms with Gasteiger partial charge in [-0.25, -0.2) is 0 Å². The number of aryl methyl sites for hydroxylation is 2. The van der Waals surface area contributed by atoms with Crippen LogP contribution in [0.4, 0.5) is 5.69 Å². The summed E-state index contributed by atoms with van der Waals surface area (Å²) in [4.78, 5) is 28.5. The molecule has 6 heteroatoms. The van der Waals surface area contributed by atoms with E-state index >= 15 is 0 Å². The van der Waals surface area contributed by atoms with Crippen LogP contribution in [-0.2, 0) is 16.2 Å². The highest BCUT2D eigenvalue weighted by atomic mass is 16.5. The number of anilines is 1. The monoisotopic (exact) mass is 533 g/mol. The summed E-state index contributed by atoms with van der Waals surface area (Å²) in [6, 6.07) is 29.0. The number of Topliss-reactive ketones (excluding diaryl/α,β-unsaturated/α-hetero) is 1. The molecule has 0 aliphatic carbocycles. The molecule has 0 saturated carbocycles. The third kappa shape index (κ3) is 5.21. The highest BCUT2D eigenvalue weighted by Gasteiger charge is 2.47. The molecule has 4 aromatic carbocycles. The Bertz CT molecular complexity index is 1570. The predicted molar refractivity (Wildman–Crippen MR) is 156 cm³/mol. The van der Waals surface area contributed by atoms with Crippen molar-refractivity contribution in [3.8, 4) is 11.5 Å². The lowest BCUT2D eigenvalue weighted by atomic mass is 9.94. The van der Waals surface area contributed by atoms with Crippen LogP contribution < -0.4 is 14.4 Å². The van der Waals surface area contributed by atoms with Crippen molar-refractivity contribution in [1.29, 1.82) is 0 Å². The van der Waals surface area contributed by atoms with E-state index < -0.39 is 17.7 Å².